The maximum atomic E-state index is 5.40. The highest BCUT2D eigenvalue weighted by molar-refractivity contribution is 7.12. The van der Waals surface area contributed by atoms with E-state index in [4.69, 9.17) is 9.47 Å². The van der Waals surface area contributed by atoms with Crippen LogP contribution < -0.4 is 14.8 Å². The molecule has 0 aliphatic rings. The van der Waals surface area contributed by atoms with Gasteiger partial charge in [-0.3, -0.25) is 0 Å². The van der Waals surface area contributed by atoms with Gasteiger partial charge in [0, 0.05) is 21.9 Å². The van der Waals surface area contributed by atoms with Crippen molar-refractivity contribution in [3.8, 4) is 11.5 Å². The average molecular weight is 291 g/mol. The highest BCUT2D eigenvalue weighted by Gasteiger charge is 2.13. The Labute approximate surface area is 124 Å². The van der Waals surface area contributed by atoms with Crippen LogP contribution in [0.1, 0.15) is 28.3 Å². The van der Waals surface area contributed by atoms with Crippen LogP contribution in [0.4, 0.5) is 5.69 Å². The van der Waals surface area contributed by atoms with Gasteiger partial charge in [0.1, 0.15) is 11.5 Å². The predicted octanol–water partition coefficient (Wildman–Crippen LogP) is 4.56. The molecule has 20 heavy (non-hydrogen) atoms. The fourth-order valence-corrected chi connectivity index (χ4v) is 3.34. The molecule has 108 valence electrons. The third-order valence-electron chi connectivity index (χ3n) is 3.32. The Balaban J connectivity index is 2.26. The van der Waals surface area contributed by atoms with Gasteiger partial charge in [-0.15, -0.1) is 11.3 Å². The first-order chi connectivity index (χ1) is 9.55. The third-order valence-corrected chi connectivity index (χ3v) is 4.31. The molecule has 0 radical (unpaired) electrons. The molecule has 0 amide bonds. The topological polar surface area (TPSA) is 30.5 Å². The molecule has 0 fully saturated rings. The Bertz CT molecular complexity index is 592. The standard InChI is InChI=1S/C16H21NO2S/c1-10-8-14(12(3)20-10)11(2)17-15-9-13(18-4)6-7-16(15)19-5/h6-9,11,17H,1-5H3. The lowest BCUT2D eigenvalue weighted by molar-refractivity contribution is 0.404. The molecular weight excluding hydrogens is 270 g/mol. The Kier molecular flexibility index (Phi) is 4.55. The van der Waals surface area contributed by atoms with Gasteiger partial charge in [-0.05, 0) is 44.5 Å². The van der Waals surface area contributed by atoms with Crippen molar-refractivity contribution in [3.05, 3.63) is 39.6 Å². The quantitative estimate of drug-likeness (QED) is 0.876. The fourth-order valence-electron chi connectivity index (χ4n) is 2.32. The first-order valence-electron chi connectivity index (χ1n) is 6.60. The normalized spacial score (nSPS) is 12.1. The highest BCUT2D eigenvalue weighted by Crippen LogP contribution is 2.34. The lowest BCUT2D eigenvalue weighted by Gasteiger charge is -2.18. The van der Waals surface area contributed by atoms with Gasteiger partial charge in [0.05, 0.1) is 19.9 Å². The molecule has 1 unspecified atom stereocenters. The van der Waals surface area contributed by atoms with Gasteiger partial charge in [0.25, 0.3) is 0 Å². The van der Waals surface area contributed by atoms with Crippen molar-refractivity contribution in [1.82, 2.24) is 0 Å². The van der Waals surface area contributed by atoms with Crippen LogP contribution in [0.5, 0.6) is 11.5 Å². The van der Waals surface area contributed by atoms with E-state index in [1.54, 1.807) is 14.2 Å². The van der Waals surface area contributed by atoms with Crippen molar-refractivity contribution in [2.45, 2.75) is 26.8 Å². The number of methoxy groups -OCH3 is 2. The summed E-state index contributed by atoms with van der Waals surface area (Å²) in [6.45, 7) is 6.46. The minimum Gasteiger partial charge on any atom is -0.497 e. The van der Waals surface area contributed by atoms with Gasteiger partial charge in [0.2, 0.25) is 0 Å². The van der Waals surface area contributed by atoms with Gasteiger partial charge in [-0.1, -0.05) is 0 Å². The first-order valence-corrected chi connectivity index (χ1v) is 7.42. The van der Waals surface area contributed by atoms with Crippen LogP contribution in [0.25, 0.3) is 0 Å². The molecule has 0 saturated heterocycles. The van der Waals surface area contributed by atoms with Gasteiger partial charge in [0.15, 0.2) is 0 Å². The summed E-state index contributed by atoms with van der Waals surface area (Å²) >= 11 is 1.83. The van der Waals surface area contributed by atoms with Crippen molar-refractivity contribution >= 4 is 17.0 Å². The second-order valence-corrected chi connectivity index (χ2v) is 6.26. The van der Waals surface area contributed by atoms with Crippen molar-refractivity contribution in [1.29, 1.82) is 0 Å². The average Bonchev–Trinajstić information content (AvgIpc) is 2.77. The van der Waals surface area contributed by atoms with Gasteiger partial charge in [-0.25, -0.2) is 0 Å². The zero-order chi connectivity index (χ0) is 14.7. The molecular formula is C16H21NO2S. The van der Waals surface area contributed by atoms with E-state index in [1.165, 1.54) is 15.3 Å². The first kappa shape index (κ1) is 14.7. The minimum atomic E-state index is 0.223. The Morgan fingerprint density at radius 1 is 1.10 bits per heavy atom. The number of hydrogen-bond acceptors (Lipinski definition) is 4. The SMILES string of the molecule is COc1ccc(OC)c(NC(C)c2cc(C)sc2C)c1. The van der Waals surface area contributed by atoms with E-state index in [0.29, 0.717) is 0 Å². The number of ether oxygens (including phenoxy) is 2. The minimum absolute atomic E-state index is 0.223. The maximum absolute atomic E-state index is 5.40. The predicted molar refractivity (Wildman–Crippen MR) is 85.4 cm³/mol. The molecule has 2 rings (SSSR count). The van der Waals surface area contributed by atoms with Crippen LogP contribution in [0.3, 0.4) is 0 Å². The molecule has 1 aromatic carbocycles. The molecule has 3 nitrogen and oxygen atoms in total. The van der Waals surface area contributed by atoms with Gasteiger partial charge >= 0.3 is 0 Å². The zero-order valence-corrected chi connectivity index (χ0v) is 13.4. The fraction of sp³-hybridized carbons (Fsp3) is 0.375. The van der Waals surface area contributed by atoms with Crippen LogP contribution in [0.2, 0.25) is 0 Å². The summed E-state index contributed by atoms with van der Waals surface area (Å²) in [5.74, 6) is 1.64. The van der Waals surface area contributed by atoms with Crippen molar-refractivity contribution in [2.75, 3.05) is 19.5 Å². The van der Waals surface area contributed by atoms with Crippen LogP contribution in [-0.2, 0) is 0 Å². The number of anilines is 1. The number of hydrogen-bond donors (Lipinski definition) is 1. The summed E-state index contributed by atoms with van der Waals surface area (Å²) in [6.07, 6.45) is 0. The summed E-state index contributed by atoms with van der Waals surface area (Å²) < 4.78 is 10.7. The number of nitrogens with one attached hydrogen (secondary N) is 1. The maximum Gasteiger partial charge on any atom is 0.142 e. The summed E-state index contributed by atoms with van der Waals surface area (Å²) in [7, 11) is 3.35. The second-order valence-electron chi connectivity index (χ2n) is 4.80. The largest absolute Gasteiger partial charge is 0.497 e. The number of thiophene rings is 1. The Morgan fingerprint density at radius 3 is 2.40 bits per heavy atom. The molecule has 0 saturated carbocycles. The molecule has 1 N–H and O–H groups in total. The van der Waals surface area contributed by atoms with E-state index in [9.17, 15) is 0 Å². The molecule has 0 aliphatic heterocycles. The number of aryl methyl sites for hydroxylation is 2. The second kappa shape index (κ2) is 6.18. The molecule has 1 aromatic heterocycles. The van der Waals surface area contributed by atoms with Gasteiger partial charge < -0.3 is 14.8 Å². The van der Waals surface area contributed by atoms with Crippen LogP contribution in [0, 0.1) is 13.8 Å². The van der Waals surface area contributed by atoms with Crippen molar-refractivity contribution in [2.24, 2.45) is 0 Å². The number of benzene rings is 1. The van der Waals surface area contributed by atoms with E-state index >= 15 is 0 Å². The molecule has 1 atom stereocenters. The highest BCUT2D eigenvalue weighted by atomic mass is 32.1. The molecule has 2 aromatic rings. The lowest BCUT2D eigenvalue weighted by Crippen LogP contribution is -2.08. The monoisotopic (exact) mass is 291 g/mol. The van der Waals surface area contributed by atoms with Crippen LogP contribution in [-0.4, -0.2) is 14.2 Å². The number of rotatable bonds is 5. The summed E-state index contributed by atoms with van der Waals surface area (Å²) in [6, 6.07) is 8.24. The summed E-state index contributed by atoms with van der Waals surface area (Å²) in [5, 5.41) is 3.51. The summed E-state index contributed by atoms with van der Waals surface area (Å²) in [4.78, 5) is 2.69. The Morgan fingerprint density at radius 2 is 1.85 bits per heavy atom. The molecule has 1 heterocycles. The van der Waals surface area contributed by atoms with Gasteiger partial charge in [-0.2, -0.15) is 0 Å². The van der Waals surface area contributed by atoms with Crippen LogP contribution >= 0.6 is 11.3 Å². The molecule has 4 heteroatoms. The Hall–Kier alpha value is -1.68. The third kappa shape index (κ3) is 3.07. The smallest absolute Gasteiger partial charge is 0.142 e. The van der Waals surface area contributed by atoms with Crippen molar-refractivity contribution in [3.63, 3.8) is 0 Å². The van der Waals surface area contributed by atoms with Crippen molar-refractivity contribution < 1.29 is 9.47 Å². The molecule has 0 spiro atoms. The molecule has 0 aliphatic carbocycles. The van der Waals surface area contributed by atoms with E-state index in [2.05, 4.69) is 32.2 Å². The van der Waals surface area contributed by atoms with E-state index in [-0.39, 0.29) is 6.04 Å². The zero-order valence-electron chi connectivity index (χ0n) is 12.6. The summed E-state index contributed by atoms with van der Waals surface area (Å²) in [5.41, 5.74) is 2.28. The van der Waals surface area contributed by atoms with Crippen LogP contribution in [0.15, 0.2) is 24.3 Å². The van der Waals surface area contributed by atoms with E-state index in [1.807, 2.05) is 29.5 Å². The lowest BCUT2D eigenvalue weighted by atomic mass is 10.1. The van der Waals surface area contributed by atoms with E-state index in [0.717, 1.165) is 17.2 Å². The molecule has 0 bridgehead atoms. The van der Waals surface area contributed by atoms with E-state index < -0.39 is 0 Å².